The van der Waals surface area contributed by atoms with Crippen LogP contribution < -0.4 is 16.0 Å². The third-order valence-corrected chi connectivity index (χ3v) is 15.1. The zero-order valence-electron chi connectivity index (χ0n) is 35.1. The van der Waals surface area contributed by atoms with Crippen LogP contribution in [-0.2, 0) is 11.2 Å². The minimum Gasteiger partial charge on any atom is -0.476 e. The summed E-state index contributed by atoms with van der Waals surface area (Å²) in [7, 11) is 0. The van der Waals surface area contributed by atoms with Gasteiger partial charge in [-0.15, -0.1) is 10.2 Å². The number of aromatic nitrogens is 4. The molecule has 0 spiro atoms. The minimum atomic E-state index is -1.12. The third kappa shape index (κ3) is 7.98. The number of allylic oxidation sites excluding steroid dienone is 1. The van der Waals surface area contributed by atoms with E-state index in [0.717, 1.165) is 77.4 Å². The summed E-state index contributed by atoms with van der Waals surface area (Å²) in [4.78, 5) is 32.1. The Morgan fingerprint density at radius 3 is 2.59 bits per heavy atom. The van der Waals surface area contributed by atoms with Gasteiger partial charge in [0, 0.05) is 53.8 Å². The standard InChI is InChI=1S/C46H59N9O3S/c1-29-33-11-10-18-55(41(33)53-52-40(29)51-43-49-36-12-6-7-13-37(36)59-43)38-15-14-34(39(50-38)42(56)57)35(24-47)30(2)48-25-32-22-45(4)26-44(3)21-31(32)23-46(27-44,28-45)58-20-19-54-16-8-5-9-17-54/h6-7,12-15,24,31-32H,5,8-11,16-23,25-28,47H2,1-4H3,(H,56,57)(H,49,51,52)/b35-24+,48-30?. The van der Waals surface area contributed by atoms with E-state index in [0.29, 0.717) is 53.5 Å². The predicted molar refractivity (Wildman–Crippen MR) is 236 cm³/mol. The Labute approximate surface area is 351 Å². The topological polar surface area (TPSA) is 155 Å². The lowest BCUT2D eigenvalue weighted by molar-refractivity contribution is -0.166. The molecule has 13 heteroatoms. The lowest BCUT2D eigenvalue weighted by atomic mass is 9.53. The Bertz CT molecular complexity index is 2270. The highest BCUT2D eigenvalue weighted by molar-refractivity contribution is 7.22. The number of hydrogen-bond donors (Lipinski definition) is 3. The van der Waals surface area contributed by atoms with Crippen molar-refractivity contribution in [3.63, 3.8) is 0 Å². The van der Waals surface area contributed by atoms with E-state index in [1.807, 2.05) is 49.1 Å². The number of nitrogens with zero attached hydrogens (tertiary/aromatic N) is 7. The summed E-state index contributed by atoms with van der Waals surface area (Å²) in [5.41, 5.74) is 11.5. The number of nitrogens with two attached hydrogens (primary N) is 1. The second-order valence-corrected chi connectivity index (χ2v) is 20.0. The second kappa shape index (κ2) is 15.9. The number of thiazole rings is 1. The summed E-state index contributed by atoms with van der Waals surface area (Å²) < 4.78 is 8.11. The fraction of sp³-hybridized carbons (Fsp3) is 0.565. The molecule has 5 fully saturated rings. The van der Waals surface area contributed by atoms with Gasteiger partial charge in [0.1, 0.15) is 5.82 Å². The van der Waals surface area contributed by atoms with E-state index < -0.39 is 5.97 Å². The number of aromatic carboxylic acids is 1. The van der Waals surface area contributed by atoms with Gasteiger partial charge in [0.15, 0.2) is 22.5 Å². The van der Waals surface area contributed by atoms with Gasteiger partial charge in [-0.3, -0.25) is 4.99 Å². The number of anilines is 4. The van der Waals surface area contributed by atoms with Crippen molar-refractivity contribution in [2.45, 2.75) is 104 Å². The zero-order chi connectivity index (χ0) is 40.9. The van der Waals surface area contributed by atoms with Gasteiger partial charge in [0.25, 0.3) is 0 Å². The van der Waals surface area contributed by atoms with Crippen molar-refractivity contribution in [2.75, 3.05) is 49.5 Å². The number of aliphatic imine (C=N–C) groups is 1. The first-order chi connectivity index (χ1) is 28.4. The summed E-state index contributed by atoms with van der Waals surface area (Å²) in [6.45, 7) is 14.6. The maximum Gasteiger partial charge on any atom is 0.355 e. The molecule has 5 atom stereocenters. The van der Waals surface area contributed by atoms with Crippen LogP contribution in [0.15, 0.2) is 47.6 Å². The van der Waals surface area contributed by atoms with E-state index in [1.54, 1.807) is 11.3 Å². The number of benzene rings is 1. The summed E-state index contributed by atoms with van der Waals surface area (Å²) in [5, 5.41) is 23.9. The van der Waals surface area contributed by atoms with Gasteiger partial charge in [-0.2, -0.15) is 0 Å². The number of pyridine rings is 1. The Balaban J connectivity index is 0.920. The number of rotatable bonds is 12. The number of hydrogen-bond acceptors (Lipinski definition) is 12. The molecule has 2 aliphatic heterocycles. The van der Waals surface area contributed by atoms with Gasteiger partial charge in [0.05, 0.1) is 22.4 Å². The Kier molecular flexibility index (Phi) is 10.7. The molecule has 4 bridgehead atoms. The Morgan fingerprint density at radius 1 is 1.02 bits per heavy atom. The van der Waals surface area contributed by atoms with Crippen molar-refractivity contribution in [1.29, 1.82) is 0 Å². The molecule has 4 aliphatic carbocycles. The van der Waals surface area contributed by atoms with Gasteiger partial charge in [-0.05, 0) is 138 Å². The van der Waals surface area contributed by atoms with Crippen molar-refractivity contribution in [2.24, 2.45) is 33.4 Å². The summed E-state index contributed by atoms with van der Waals surface area (Å²) in [6.07, 6.45) is 14.2. The van der Waals surface area contributed by atoms with Crippen molar-refractivity contribution in [3.05, 3.63) is 65.0 Å². The monoisotopic (exact) mass is 817 g/mol. The van der Waals surface area contributed by atoms with Gasteiger partial charge in [-0.1, -0.05) is 43.7 Å². The average molecular weight is 818 g/mol. The van der Waals surface area contributed by atoms with Crippen molar-refractivity contribution in [1.82, 2.24) is 25.1 Å². The highest BCUT2D eigenvalue weighted by Crippen LogP contribution is 2.66. The molecule has 0 radical (unpaired) electrons. The van der Waals surface area contributed by atoms with Crippen LogP contribution in [0.25, 0.3) is 15.8 Å². The molecule has 1 aromatic carbocycles. The van der Waals surface area contributed by atoms with Crippen LogP contribution in [0.3, 0.4) is 0 Å². The molecule has 4 N–H and O–H groups in total. The van der Waals surface area contributed by atoms with Crippen LogP contribution in [0, 0.1) is 29.6 Å². The van der Waals surface area contributed by atoms with Gasteiger partial charge < -0.3 is 30.7 Å². The second-order valence-electron chi connectivity index (χ2n) is 18.9. The SMILES string of the molecule is CC(=NCC1CC2(C)CC3(C)CC1CC(OCCN1CCCCC1)(C2)C3)/C(=C\N)c1ccc(N2CCCc3c2nnc(Nc2nc4ccccc4s2)c3C)nc1C(=O)O. The van der Waals surface area contributed by atoms with Crippen molar-refractivity contribution < 1.29 is 14.6 Å². The minimum absolute atomic E-state index is 0.0460. The number of fused-ring (bicyclic) bond motifs is 3. The largest absolute Gasteiger partial charge is 0.476 e. The fourth-order valence-electron chi connectivity index (χ4n) is 12.1. The van der Waals surface area contributed by atoms with Crippen LogP contribution >= 0.6 is 11.3 Å². The molecular formula is C46H59N9O3S. The molecule has 12 nitrogen and oxygen atoms in total. The first-order valence-electron chi connectivity index (χ1n) is 21.7. The molecule has 6 aliphatic rings. The van der Waals surface area contributed by atoms with Gasteiger partial charge in [0.2, 0.25) is 0 Å². The van der Waals surface area contributed by atoms with E-state index in [2.05, 4.69) is 40.3 Å². The van der Waals surface area contributed by atoms with Crippen LogP contribution in [0.5, 0.6) is 0 Å². The van der Waals surface area contributed by atoms with Crippen molar-refractivity contribution >= 4 is 61.4 Å². The molecular weight excluding hydrogens is 759 g/mol. The lowest BCUT2D eigenvalue weighted by Gasteiger charge is -2.56. The summed E-state index contributed by atoms with van der Waals surface area (Å²) in [6, 6.07) is 11.7. The van der Waals surface area contributed by atoms with Crippen molar-refractivity contribution in [3.8, 4) is 0 Å². The van der Waals surface area contributed by atoms with Crippen LogP contribution in [-0.4, -0.2) is 86.8 Å². The Morgan fingerprint density at radius 2 is 1.81 bits per heavy atom. The Hall–Kier alpha value is -4.46. The van der Waals surface area contributed by atoms with Crippen LogP contribution in [0.4, 0.5) is 22.6 Å². The number of nitrogens with one attached hydrogen (secondary N) is 1. The number of carboxylic acid groups (broad SMARTS) is 1. The van der Waals surface area contributed by atoms with E-state index in [-0.39, 0.29) is 22.1 Å². The number of piperidine rings is 1. The highest BCUT2D eigenvalue weighted by atomic mass is 32.1. The van der Waals surface area contributed by atoms with Gasteiger partial charge >= 0.3 is 5.97 Å². The normalized spacial score (nSPS) is 28.5. The van der Waals surface area contributed by atoms with E-state index in [4.69, 9.17) is 25.4 Å². The van der Waals surface area contributed by atoms with E-state index in [1.165, 1.54) is 57.8 Å². The predicted octanol–water partition coefficient (Wildman–Crippen LogP) is 8.94. The molecule has 0 amide bonds. The number of carbonyl (C=O) groups is 1. The summed E-state index contributed by atoms with van der Waals surface area (Å²) in [5.74, 6) is 1.72. The third-order valence-electron chi connectivity index (χ3n) is 14.1. The van der Waals surface area contributed by atoms with Crippen LogP contribution in [0.1, 0.15) is 112 Å². The fourth-order valence-corrected chi connectivity index (χ4v) is 13.0. The average Bonchev–Trinajstić information content (AvgIpc) is 3.56. The first-order valence-corrected chi connectivity index (χ1v) is 22.6. The van der Waals surface area contributed by atoms with Gasteiger partial charge in [-0.25, -0.2) is 14.8 Å². The summed E-state index contributed by atoms with van der Waals surface area (Å²) >= 11 is 1.58. The van der Waals surface area contributed by atoms with E-state index in [9.17, 15) is 9.90 Å². The number of carboxylic acids is 1. The quantitative estimate of drug-likeness (QED) is 0.117. The zero-order valence-corrected chi connectivity index (χ0v) is 35.9. The first kappa shape index (κ1) is 40.0. The lowest BCUT2D eigenvalue weighted by Crippen LogP contribution is -2.53. The molecule has 59 heavy (non-hydrogen) atoms. The molecule has 3 aromatic heterocycles. The van der Waals surface area contributed by atoms with E-state index >= 15 is 0 Å². The molecule has 10 rings (SSSR count). The number of para-hydroxylation sites is 1. The molecule has 5 unspecified atom stereocenters. The molecule has 5 heterocycles. The number of likely N-dealkylation sites (tertiary alicyclic amines) is 1. The van der Waals surface area contributed by atoms with Crippen LogP contribution in [0.2, 0.25) is 0 Å². The highest BCUT2D eigenvalue weighted by Gasteiger charge is 2.60. The smallest absolute Gasteiger partial charge is 0.355 e. The maximum absolute atomic E-state index is 12.9. The molecule has 4 aromatic rings. The molecule has 1 saturated heterocycles. The maximum atomic E-state index is 12.9. The molecule has 312 valence electrons. The molecule has 4 saturated carbocycles. The number of ether oxygens (including phenoxy) is 1.